The topological polar surface area (TPSA) is 76.1 Å². The standard InChI is InChI=1S/C13H12ClFN4O2/c1-2-21-13-16-6-9(7-17-13)19-12(20)18-8-3-4-11(15)10(14)5-8/h3-7H,2H2,1H3,(H2,18,19,20). The lowest BCUT2D eigenvalue weighted by atomic mass is 10.3. The van der Waals surface area contributed by atoms with Crippen molar-refractivity contribution in [3.8, 4) is 6.01 Å². The molecule has 0 spiro atoms. The molecule has 0 atom stereocenters. The van der Waals surface area contributed by atoms with Crippen LogP contribution >= 0.6 is 11.6 Å². The smallest absolute Gasteiger partial charge is 0.323 e. The number of halogens is 2. The maximum Gasteiger partial charge on any atom is 0.323 e. The average Bonchev–Trinajstić information content (AvgIpc) is 2.45. The van der Waals surface area contributed by atoms with Crippen LogP contribution in [0.2, 0.25) is 5.02 Å². The van der Waals surface area contributed by atoms with E-state index >= 15 is 0 Å². The third kappa shape index (κ3) is 4.28. The van der Waals surface area contributed by atoms with Gasteiger partial charge in [-0.05, 0) is 25.1 Å². The third-order valence-electron chi connectivity index (χ3n) is 2.34. The summed E-state index contributed by atoms with van der Waals surface area (Å²) in [7, 11) is 0. The van der Waals surface area contributed by atoms with E-state index in [0.717, 1.165) is 6.07 Å². The minimum Gasteiger partial charge on any atom is -0.464 e. The Labute approximate surface area is 125 Å². The molecule has 0 saturated heterocycles. The maximum absolute atomic E-state index is 13.0. The molecular formula is C13H12ClFN4O2. The van der Waals surface area contributed by atoms with Crippen LogP contribution in [0.25, 0.3) is 0 Å². The Kier molecular flexibility index (Phi) is 4.89. The number of urea groups is 1. The molecule has 2 aromatic rings. The summed E-state index contributed by atoms with van der Waals surface area (Å²) >= 11 is 5.62. The summed E-state index contributed by atoms with van der Waals surface area (Å²) in [5, 5.41) is 4.96. The number of ether oxygens (including phenoxy) is 1. The zero-order chi connectivity index (χ0) is 15.2. The van der Waals surface area contributed by atoms with E-state index in [2.05, 4.69) is 20.6 Å². The van der Waals surface area contributed by atoms with Crippen molar-refractivity contribution in [3.05, 3.63) is 41.4 Å². The molecule has 1 aromatic carbocycles. The predicted molar refractivity (Wildman–Crippen MR) is 77.3 cm³/mol. The van der Waals surface area contributed by atoms with Crippen molar-refractivity contribution in [1.82, 2.24) is 9.97 Å². The highest BCUT2D eigenvalue weighted by Crippen LogP contribution is 2.19. The molecule has 1 heterocycles. The number of rotatable bonds is 4. The molecular weight excluding hydrogens is 299 g/mol. The van der Waals surface area contributed by atoms with Crippen LogP contribution in [-0.2, 0) is 0 Å². The van der Waals surface area contributed by atoms with Gasteiger partial charge in [0.25, 0.3) is 0 Å². The number of anilines is 2. The van der Waals surface area contributed by atoms with Gasteiger partial charge in [-0.25, -0.2) is 19.2 Å². The molecule has 2 N–H and O–H groups in total. The minimum absolute atomic E-state index is 0.0720. The maximum atomic E-state index is 13.0. The fourth-order valence-electron chi connectivity index (χ4n) is 1.45. The lowest BCUT2D eigenvalue weighted by Gasteiger charge is -2.08. The Morgan fingerprint density at radius 3 is 2.57 bits per heavy atom. The van der Waals surface area contributed by atoms with E-state index in [1.165, 1.54) is 24.5 Å². The van der Waals surface area contributed by atoms with Crippen molar-refractivity contribution in [1.29, 1.82) is 0 Å². The van der Waals surface area contributed by atoms with Gasteiger partial charge in [-0.1, -0.05) is 11.6 Å². The molecule has 0 radical (unpaired) electrons. The number of carbonyl (C=O) groups is 1. The molecule has 0 aliphatic heterocycles. The normalized spacial score (nSPS) is 10.0. The van der Waals surface area contributed by atoms with Gasteiger partial charge in [0.1, 0.15) is 5.82 Å². The second-order valence-corrected chi connectivity index (χ2v) is 4.30. The van der Waals surface area contributed by atoms with E-state index in [9.17, 15) is 9.18 Å². The molecule has 1 aromatic heterocycles. The fraction of sp³-hybridized carbons (Fsp3) is 0.154. The van der Waals surface area contributed by atoms with Crippen LogP contribution in [0.4, 0.5) is 20.6 Å². The van der Waals surface area contributed by atoms with Gasteiger partial charge in [0.05, 0.1) is 29.7 Å². The van der Waals surface area contributed by atoms with E-state index in [4.69, 9.17) is 16.3 Å². The van der Waals surface area contributed by atoms with E-state index in [0.29, 0.717) is 18.0 Å². The highest BCUT2D eigenvalue weighted by Gasteiger charge is 2.06. The zero-order valence-electron chi connectivity index (χ0n) is 11.1. The lowest BCUT2D eigenvalue weighted by Crippen LogP contribution is -2.19. The fourth-order valence-corrected chi connectivity index (χ4v) is 1.63. The summed E-state index contributed by atoms with van der Waals surface area (Å²) in [4.78, 5) is 19.6. The molecule has 8 heteroatoms. The van der Waals surface area contributed by atoms with Gasteiger partial charge in [-0.3, -0.25) is 0 Å². The van der Waals surface area contributed by atoms with Gasteiger partial charge in [0.2, 0.25) is 0 Å². The van der Waals surface area contributed by atoms with E-state index in [1.54, 1.807) is 0 Å². The summed E-state index contributed by atoms with van der Waals surface area (Å²) in [5.74, 6) is -0.553. The van der Waals surface area contributed by atoms with E-state index in [-0.39, 0.29) is 11.0 Å². The first kappa shape index (κ1) is 15.0. The van der Waals surface area contributed by atoms with E-state index < -0.39 is 11.8 Å². The number of hydrogen-bond acceptors (Lipinski definition) is 4. The van der Waals surface area contributed by atoms with Crippen molar-refractivity contribution in [2.75, 3.05) is 17.2 Å². The molecule has 0 unspecified atom stereocenters. The molecule has 2 amide bonds. The third-order valence-corrected chi connectivity index (χ3v) is 2.63. The highest BCUT2D eigenvalue weighted by molar-refractivity contribution is 6.31. The first-order chi connectivity index (χ1) is 10.1. The SMILES string of the molecule is CCOc1ncc(NC(=O)Nc2ccc(F)c(Cl)c2)cn1. The Hall–Kier alpha value is -2.41. The van der Waals surface area contributed by atoms with Crippen molar-refractivity contribution in [3.63, 3.8) is 0 Å². The number of amides is 2. The zero-order valence-corrected chi connectivity index (χ0v) is 11.8. The van der Waals surface area contributed by atoms with Crippen molar-refractivity contribution >= 4 is 29.0 Å². The first-order valence-corrected chi connectivity index (χ1v) is 6.44. The first-order valence-electron chi connectivity index (χ1n) is 6.06. The number of carbonyl (C=O) groups excluding carboxylic acids is 1. The van der Waals surface area contributed by atoms with Gasteiger partial charge < -0.3 is 15.4 Å². The molecule has 6 nitrogen and oxygen atoms in total. The van der Waals surface area contributed by atoms with E-state index in [1.807, 2.05) is 6.92 Å². The van der Waals surface area contributed by atoms with Crippen molar-refractivity contribution in [2.24, 2.45) is 0 Å². The summed E-state index contributed by atoms with van der Waals surface area (Å²) in [6, 6.07) is 3.58. The highest BCUT2D eigenvalue weighted by atomic mass is 35.5. The van der Waals surface area contributed by atoms with Crippen LogP contribution in [0.3, 0.4) is 0 Å². The molecule has 0 fully saturated rings. The molecule has 110 valence electrons. The lowest BCUT2D eigenvalue weighted by molar-refractivity contribution is 0.262. The van der Waals surface area contributed by atoms with Crippen molar-refractivity contribution < 1.29 is 13.9 Å². The van der Waals surface area contributed by atoms with Crippen LogP contribution in [-0.4, -0.2) is 22.6 Å². The number of hydrogen-bond donors (Lipinski definition) is 2. The number of aromatic nitrogens is 2. The average molecular weight is 311 g/mol. The van der Waals surface area contributed by atoms with Crippen LogP contribution in [0, 0.1) is 5.82 Å². The predicted octanol–water partition coefficient (Wildman–Crippen LogP) is 3.31. The van der Waals surface area contributed by atoms with Gasteiger partial charge in [-0.15, -0.1) is 0 Å². The molecule has 0 bridgehead atoms. The molecule has 0 aliphatic carbocycles. The summed E-state index contributed by atoms with van der Waals surface area (Å²) in [6.07, 6.45) is 2.82. The molecule has 2 rings (SSSR count). The number of nitrogens with one attached hydrogen (secondary N) is 2. The number of nitrogens with zero attached hydrogens (tertiary/aromatic N) is 2. The van der Waals surface area contributed by atoms with Gasteiger partial charge in [-0.2, -0.15) is 0 Å². The van der Waals surface area contributed by atoms with Crippen LogP contribution in [0.15, 0.2) is 30.6 Å². The summed E-state index contributed by atoms with van der Waals surface area (Å²) in [6.45, 7) is 2.27. The Morgan fingerprint density at radius 2 is 1.95 bits per heavy atom. The second kappa shape index (κ2) is 6.85. The Morgan fingerprint density at radius 1 is 1.29 bits per heavy atom. The minimum atomic E-state index is -0.553. The monoisotopic (exact) mass is 310 g/mol. The quantitative estimate of drug-likeness (QED) is 0.908. The number of benzene rings is 1. The molecule has 0 saturated carbocycles. The summed E-state index contributed by atoms with van der Waals surface area (Å²) < 4.78 is 18.1. The second-order valence-electron chi connectivity index (χ2n) is 3.90. The molecule has 0 aliphatic rings. The van der Waals surface area contributed by atoms with Crippen LogP contribution in [0.5, 0.6) is 6.01 Å². The van der Waals surface area contributed by atoms with Gasteiger partial charge in [0.15, 0.2) is 0 Å². The van der Waals surface area contributed by atoms with Crippen LogP contribution < -0.4 is 15.4 Å². The van der Waals surface area contributed by atoms with Gasteiger partial charge in [0, 0.05) is 5.69 Å². The Bertz CT molecular complexity index is 637. The summed E-state index contributed by atoms with van der Waals surface area (Å²) in [5.41, 5.74) is 0.759. The largest absolute Gasteiger partial charge is 0.464 e. The molecule has 21 heavy (non-hydrogen) atoms. The van der Waals surface area contributed by atoms with Crippen molar-refractivity contribution in [2.45, 2.75) is 6.92 Å². The van der Waals surface area contributed by atoms with Gasteiger partial charge >= 0.3 is 12.0 Å². The Balaban J connectivity index is 1.96. The van der Waals surface area contributed by atoms with Crippen LogP contribution in [0.1, 0.15) is 6.92 Å².